The molecular weight excluding hydrogens is 160 g/mol. The van der Waals surface area contributed by atoms with E-state index in [1.165, 1.54) is 11.5 Å². The minimum Gasteiger partial charge on any atom is -0.329 e. The van der Waals surface area contributed by atoms with Crippen molar-refractivity contribution in [2.45, 2.75) is 13.5 Å². The van der Waals surface area contributed by atoms with E-state index in [-0.39, 0.29) is 0 Å². The van der Waals surface area contributed by atoms with Crippen molar-refractivity contribution in [2.75, 3.05) is 13.1 Å². The first-order chi connectivity index (χ1) is 5.33. The second kappa shape index (κ2) is 4.38. The molecule has 4 nitrogen and oxygen atoms in total. The Kier molecular flexibility index (Phi) is 3.41. The van der Waals surface area contributed by atoms with Gasteiger partial charge in [-0.05, 0) is 18.5 Å². The van der Waals surface area contributed by atoms with Gasteiger partial charge in [-0.3, -0.25) is 0 Å². The van der Waals surface area contributed by atoms with Crippen molar-refractivity contribution in [3.63, 3.8) is 0 Å². The van der Waals surface area contributed by atoms with Gasteiger partial charge < -0.3 is 11.1 Å². The van der Waals surface area contributed by atoms with Crippen LogP contribution in [0.25, 0.3) is 0 Å². The van der Waals surface area contributed by atoms with Gasteiger partial charge >= 0.3 is 0 Å². The van der Waals surface area contributed by atoms with Crippen LogP contribution in [0.2, 0.25) is 0 Å². The highest BCUT2D eigenvalue weighted by atomic mass is 32.1. The van der Waals surface area contributed by atoms with Crippen molar-refractivity contribution >= 4 is 11.5 Å². The summed E-state index contributed by atoms with van der Waals surface area (Å²) in [7, 11) is 0. The highest BCUT2D eigenvalue weighted by molar-refractivity contribution is 7.05. The molecule has 0 unspecified atom stereocenters. The number of rotatable bonds is 4. The fourth-order valence-electron chi connectivity index (χ4n) is 0.709. The van der Waals surface area contributed by atoms with Gasteiger partial charge in [-0.1, -0.05) is 0 Å². The summed E-state index contributed by atoms with van der Waals surface area (Å²) in [5, 5.41) is 4.17. The molecule has 1 heterocycles. The van der Waals surface area contributed by atoms with Crippen LogP contribution in [0.3, 0.4) is 0 Å². The van der Waals surface area contributed by atoms with E-state index in [4.69, 9.17) is 5.73 Å². The molecule has 0 fully saturated rings. The zero-order valence-corrected chi connectivity index (χ0v) is 7.32. The highest BCUT2D eigenvalue weighted by Gasteiger charge is 1.97. The number of nitrogens with one attached hydrogen (secondary N) is 1. The Bertz CT molecular complexity index is 210. The number of hydrogen-bond donors (Lipinski definition) is 2. The SMILES string of the molecule is Cc1nsc(CNCCN)n1. The molecule has 0 aliphatic rings. The van der Waals surface area contributed by atoms with E-state index >= 15 is 0 Å². The lowest BCUT2D eigenvalue weighted by molar-refractivity contribution is 0.690. The Balaban J connectivity index is 2.27. The molecule has 1 aromatic heterocycles. The molecule has 0 saturated heterocycles. The lowest BCUT2D eigenvalue weighted by Crippen LogP contribution is -2.21. The maximum Gasteiger partial charge on any atom is 0.139 e. The summed E-state index contributed by atoms with van der Waals surface area (Å²) in [4.78, 5) is 4.19. The number of nitrogens with zero attached hydrogens (tertiary/aromatic N) is 2. The van der Waals surface area contributed by atoms with E-state index < -0.39 is 0 Å². The minimum atomic E-state index is 0.664. The second-order valence-corrected chi connectivity index (χ2v) is 3.04. The zero-order chi connectivity index (χ0) is 8.10. The van der Waals surface area contributed by atoms with Crippen LogP contribution in [0.15, 0.2) is 0 Å². The lowest BCUT2D eigenvalue weighted by atomic mass is 10.6. The zero-order valence-electron chi connectivity index (χ0n) is 6.50. The molecule has 0 spiro atoms. The van der Waals surface area contributed by atoms with Crippen molar-refractivity contribution in [1.29, 1.82) is 0 Å². The van der Waals surface area contributed by atoms with Crippen LogP contribution in [0.4, 0.5) is 0 Å². The summed E-state index contributed by atoms with van der Waals surface area (Å²) in [6.45, 7) is 4.17. The molecule has 1 aromatic rings. The van der Waals surface area contributed by atoms with E-state index in [1.54, 1.807) is 0 Å². The van der Waals surface area contributed by atoms with Gasteiger partial charge in [-0.2, -0.15) is 4.37 Å². The van der Waals surface area contributed by atoms with Crippen molar-refractivity contribution in [3.8, 4) is 0 Å². The third-order valence-electron chi connectivity index (χ3n) is 1.17. The molecule has 0 amide bonds. The summed E-state index contributed by atoms with van der Waals surface area (Å²) in [6.07, 6.45) is 0. The molecule has 0 bridgehead atoms. The Labute approximate surface area is 70.0 Å². The van der Waals surface area contributed by atoms with E-state index in [0.717, 1.165) is 23.9 Å². The van der Waals surface area contributed by atoms with E-state index in [2.05, 4.69) is 14.7 Å². The molecule has 0 radical (unpaired) electrons. The molecule has 3 N–H and O–H groups in total. The van der Waals surface area contributed by atoms with Gasteiger partial charge in [0.2, 0.25) is 0 Å². The number of nitrogens with two attached hydrogens (primary N) is 1. The minimum absolute atomic E-state index is 0.664. The molecular formula is C6H12N4S. The monoisotopic (exact) mass is 172 g/mol. The summed E-state index contributed by atoms with van der Waals surface area (Å²) in [5.74, 6) is 0.847. The van der Waals surface area contributed by atoms with Crippen molar-refractivity contribution in [1.82, 2.24) is 14.7 Å². The standard InChI is InChI=1S/C6H12N4S/c1-5-9-6(11-10-5)4-8-3-2-7/h8H,2-4,7H2,1H3. The Morgan fingerprint density at radius 1 is 1.64 bits per heavy atom. The predicted molar refractivity (Wildman–Crippen MR) is 45.4 cm³/mol. The number of hydrogen-bond acceptors (Lipinski definition) is 5. The van der Waals surface area contributed by atoms with Crippen LogP contribution in [0, 0.1) is 6.92 Å². The quantitative estimate of drug-likeness (QED) is 0.622. The Morgan fingerprint density at radius 2 is 2.45 bits per heavy atom. The predicted octanol–water partition coefficient (Wildman–Crippen LogP) is -0.105. The van der Waals surface area contributed by atoms with Gasteiger partial charge in [-0.25, -0.2) is 4.98 Å². The fourth-order valence-corrected chi connectivity index (χ4v) is 1.33. The second-order valence-electron chi connectivity index (χ2n) is 2.20. The van der Waals surface area contributed by atoms with Gasteiger partial charge in [-0.15, -0.1) is 0 Å². The van der Waals surface area contributed by atoms with Crippen LogP contribution in [-0.2, 0) is 6.54 Å². The van der Waals surface area contributed by atoms with E-state index in [9.17, 15) is 0 Å². The highest BCUT2D eigenvalue weighted by Crippen LogP contribution is 2.01. The van der Waals surface area contributed by atoms with E-state index in [1.807, 2.05) is 6.92 Å². The van der Waals surface area contributed by atoms with E-state index in [0.29, 0.717) is 6.54 Å². The van der Waals surface area contributed by atoms with Crippen LogP contribution in [-0.4, -0.2) is 22.4 Å². The maximum atomic E-state index is 5.30. The molecule has 62 valence electrons. The maximum absolute atomic E-state index is 5.30. The summed E-state index contributed by atoms with van der Waals surface area (Å²) >= 11 is 1.44. The van der Waals surface area contributed by atoms with Crippen molar-refractivity contribution in [3.05, 3.63) is 10.8 Å². The largest absolute Gasteiger partial charge is 0.329 e. The third-order valence-corrected chi connectivity index (χ3v) is 1.97. The first-order valence-electron chi connectivity index (χ1n) is 3.53. The van der Waals surface area contributed by atoms with Gasteiger partial charge in [0.05, 0.1) is 0 Å². The Morgan fingerprint density at radius 3 is 3.00 bits per heavy atom. The van der Waals surface area contributed by atoms with Gasteiger partial charge in [0.25, 0.3) is 0 Å². The third kappa shape index (κ3) is 2.92. The molecule has 0 atom stereocenters. The molecule has 1 rings (SSSR count). The molecule has 11 heavy (non-hydrogen) atoms. The summed E-state index contributed by atoms with van der Waals surface area (Å²) in [6, 6.07) is 0. The number of aryl methyl sites for hydroxylation is 1. The van der Waals surface area contributed by atoms with Crippen LogP contribution >= 0.6 is 11.5 Å². The fraction of sp³-hybridized carbons (Fsp3) is 0.667. The summed E-state index contributed by atoms with van der Waals surface area (Å²) in [5.41, 5.74) is 5.30. The summed E-state index contributed by atoms with van der Waals surface area (Å²) < 4.78 is 4.05. The molecule has 0 aliphatic heterocycles. The first-order valence-corrected chi connectivity index (χ1v) is 4.30. The normalized spacial score (nSPS) is 10.4. The van der Waals surface area contributed by atoms with Crippen LogP contribution < -0.4 is 11.1 Å². The molecule has 0 saturated carbocycles. The van der Waals surface area contributed by atoms with Crippen molar-refractivity contribution < 1.29 is 0 Å². The topological polar surface area (TPSA) is 63.8 Å². The number of aromatic nitrogens is 2. The molecule has 0 aromatic carbocycles. The van der Waals surface area contributed by atoms with Crippen molar-refractivity contribution in [2.24, 2.45) is 5.73 Å². The average molecular weight is 172 g/mol. The molecule has 5 heteroatoms. The Hall–Kier alpha value is -0.520. The van der Waals surface area contributed by atoms with Gasteiger partial charge in [0.15, 0.2) is 0 Å². The lowest BCUT2D eigenvalue weighted by Gasteiger charge is -1.96. The van der Waals surface area contributed by atoms with Gasteiger partial charge in [0.1, 0.15) is 10.8 Å². The average Bonchev–Trinajstić information content (AvgIpc) is 2.37. The smallest absolute Gasteiger partial charge is 0.139 e. The van der Waals surface area contributed by atoms with Gasteiger partial charge in [0, 0.05) is 19.6 Å². The van der Waals surface area contributed by atoms with Crippen LogP contribution in [0.5, 0.6) is 0 Å². The van der Waals surface area contributed by atoms with Crippen LogP contribution in [0.1, 0.15) is 10.8 Å². The molecule has 0 aliphatic carbocycles. The first kappa shape index (κ1) is 8.58.